The number of carboxylic acid groups (broad SMARTS) is 1. The predicted molar refractivity (Wildman–Crippen MR) is 66.9 cm³/mol. The van der Waals surface area contributed by atoms with E-state index in [1.165, 1.54) is 6.07 Å². The molecule has 104 valence electrons. The molecule has 0 aliphatic carbocycles. The summed E-state index contributed by atoms with van der Waals surface area (Å²) in [5.41, 5.74) is 0.763. The van der Waals surface area contributed by atoms with Gasteiger partial charge in [0.05, 0.1) is 5.92 Å². The summed E-state index contributed by atoms with van der Waals surface area (Å²) < 4.78 is 25.8. The lowest BCUT2D eigenvalue weighted by atomic mass is 9.97. The molecule has 0 radical (unpaired) electrons. The van der Waals surface area contributed by atoms with Crippen molar-refractivity contribution in [1.29, 1.82) is 0 Å². The Morgan fingerprint density at radius 2 is 1.95 bits per heavy atom. The van der Waals surface area contributed by atoms with Crippen LogP contribution in [-0.2, 0) is 11.2 Å². The number of nitrogens with zero attached hydrogens (tertiary/aromatic N) is 1. The van der Waals surface area contributed by atoms with Gasteiger partial charge in [-0.3, -0.25) is 4.79 Å². The van der Waals surface area contributed by atoms with E-state index in [4.69, 9.17) is 5.11 Å². The van der Waals surface area contributed by atoms with Gasteiger partial charge in [0.2, 0.25) is 0 Å². The zero-order valence-corrected chi connectivity index (χ0v) is 10.6. The third-order valence-electron chi connectivity index (χ3n) is 3.64. The minimum Gasteiger partial charge on any atom is -0.481 e. The van der Waals surface area contributed by atoms with Crippen LogP contribution in [0.25, 0.3) is 0 Å². The third-order valence-corrected chi connectivity index (χ3v) is 3.64. The molecule has 1 aromatic rings. The summed E-state index contributed by atoms with van der Waals surface area (Å²) in [6.07, 6.45) is 1.97. The Kier molecular flexibility index (Phi) is 4.47. The molecule has 0 bridgehead atoms. The number of likely N-dealkylation sites (tertiary alicyclic amines) is 1. The molecule has 1 heterocycles. The first kappa shape index (κ1) is 13.9. The summed E-state index contributed by atoms with van der Waals surface area (Å²) in [6.45, 7) is 2.25. The molecule has 0 unspecified atom stereocenters. The van der Waals surface area contributed by atoms with E-state index >= 15 is 0 Å². The molecule has 19 heavy (non-hydrogen) atoms. The van der Waals surface area contributed by atoms with Gasteiger partial charge in [0.25, 0.3) is 0 Å². The number of carboxylic acids is 1. The van der Waals surface area contributed by atoms with Crippen LogP contribution in [0.15, 0.2) is 18.2 Å². The highest BCUT2D eigenvalue weighted by Gasteiger charge is 2.23. The van der Waals surface area contributed by atoms with Crippen LogP contribution in [0.3, 0.4) is 0 Å². The molecular formula is C14H17F2NO2. The van der Waals surface area contributed by atoms with E-state index in [0.29, 0.717) is 19.3 Å². The maximum atomic E-state index is 13.0. The number of carbonyl (C=O) groups is 1. The smallest absolute Gasteiger partial charge is 0.306 e. The molecule has 3 nitrogen and oxygen atoms in total. The second-order valence-electron chi connectivity index (χ2n) is 4.95. The van der Waals surface area contributed by atoms with Crippen LogP contribution >= 0.6 is 0 Å². The summed E-state index contributed by atoms with van der Waals surface area (Å²) in [6, 6.07) is 3.95. The van der Waals surface area contributed by atoms with Crippen LogP contribution in [-0.4, -0.2) is 35.6 Å². The van der Waals surface area contributed by atoms with E-state index in [1.54, 1.807) is 6.07 Å². The molecular weight excluding hydrogens is 252 g/mol. The lowest BCUT2D eigenvalue weighted by Gasteiger charge is -2.29. The fraction of sp³-hybridized carbons (Fsp3) is 0.500. The van der Waals surface area contributed by atoms with Crippen molar-refractivity contribution in [2.75, 3.05) is 19.6 Å². The van der Waals surface area contributed by atoms with E-state index in [0.717, 1.165) is 31.3 Å². The predicted octanol–water partition coefficient (Wildman–Crippen LogP) is 2.30. The maximum Gasteiger partial charge on any atom is 0.306 e. The van der Waals surface area contributed by atoms with E-state index in [1.807, 2.05) is 0 Å². The van der Waals surface area contributed by atoms with Gasteiger partial charge in [-0.15, -0.1) is 0 Å². The van der Waals surface area contributed by atoms with Gasteiger partial charge < -0.3 is 10.0 Å². The van der Waals surface area contributed by atoms with Gasteiger partial charge in [0.15, 0.2) is 11.6 Å². The van der Waals surface area contributed by atoms with Gasteiger partial charge >= 0.3 is 5.97 Å². The van der Waals surface area contributed by atoms with Gasteiger partial charge in [-0.25, -0.2) is 8.78 Å². The zero-order valence-electron chi connectivity index (χ0n) is 10.6. The van der Waals surface area contributed by atoms with Crippen LogP contribution in [0.4, 0.5) is 8.78 Å². The first-order valence-corrected chi connectivity index (χ1v) is 6.45. The highest BCUT2D eigenvalue weighted by molar-refractivity contribution is 5.70. The molecule has 1 N–H and O–H groups in total. The lowest BCUT2D eigenvalue weighted by Crippen LogP contribution is -2.37. The van der Waals surface area contributed by atoms with E-state index < -0.39 is 17.6 Å². The summed E-state index contributed by atoms with van der Waals surface area (Å²) >= 11 is 0. The van der Waals surface area contributed by atoms with Crippen molar-refractivity contribution in [2.45, 2.75) is 19.3 Å². The van der Waals surface area contributed by atoms with Crippen molar-refractivity contribution in [3.8, 4) is 0 Å². The molecule has 0 saturated carbocycles. The molecule has 1 aliphatic heterocycles. The molecule has 2 rings (SSSR count). The number of halogens is 2. The van der Waals surface area contributed by atoms with Gasteiger partial charge in [-0.1, -0.05) is 6.07 Å². The quantitative estimate of drug-likeness (QED) is 0.911. The Hall–Kier alpha value is -1.49. The van der Waals surface area contributed by atoms with E-state index in [-0.39, 0.29) is 5.92 Å². The third kappa shape index (κ3) is 3.73. The Bertz CT molecular complexity index is 457. The topological polar surface area (TPSA) is 40.5 Å². The molecule has 0 amide bonds. The SMILES string of the molecule is O=C(O)C1CCN(CCc2ccc(F)c(F)c2)CC1. The summed E-state index contributed by atoms with van der Waals surface area (Å²) in [5.74, 6) is -2.60. The van der Waals surface area contributed by atoms with Crippen molar-refractivity contribution in [2.24, 2.45) is 5.92 Å². The second-order valence-corrected chi connectivity index (χ2v) is 4.95. The minimum atomic E-state index is -0.828. The fourth-order valence-electron chi connectivity index (χ4n) is 2.39. The zero-order chi connectivity index (χ0) is 13.8. The maximum absolute atomic E-state index is 13.0. The highest BCUT2D eigenvalue weighted by atomic mass is 19.2. The van der Waals surface area contributed by atoms with Gasteiger partial charge in [0, 0.05) is 6.54 Å². The number of rotatable bonds is 4. The molecule has 1 saturated heterocycles. The average Bonchev–Trinajstić information content (AvgIpc) is 2.40. The molecule has 1 fully saturated rings. The molecule has 0 spiro atoms. The molecule has 1 aromatic carbocycles. The number of piperidine rings is 1. The Morgan fingerprint density at radius 3 is 2.53 bits per heavy atom. The number of aliphatic carboxylic acids is 1. The molecule has 0 aromatic heterocycles. The van der Waals surface area contributed by atoms with Crippen LogP contribution in [0.1, 0.15) is 18.4 Å². The van der Waals surface area contributed by atoms with E-state index in [2.05, 4.69) is 4.90 Å². The summed E-state index contributed by atoms with van der Waals surface area (Å²) in [7, 11) is 0. The van der Waals surface area contributed by atoms with Gasteiger partial charge in [0.1, 0.15) is 0 Å². The Morgan fingerprint density at radius 1 is 1.26 bits per heavy atom. The highest BCUT2D eigenvalue weighted by Crippen LogP contribution is 2.18. The van der Waals surface area contributed by atoms with Crippen molar-refractivity contribution in [1.82, 2.24) is 4.90 Å². The Labute approximate surface area is 110 Å². The minimum absolute atomic E-state index is 0.237. The summed E-state index contributed by atoms with van der Waals surface area (Å²) in [4.78, 5) is 13.0. The van der Waals surface area contributed by atoms with Gasteiger partial charge in [-0.05, 0) is 50.0 Å². The molecule has 1 aliphatic rings. The van der Waals surface area contributed by atoms with Crippen LogP contribution in [0.2, 0.25) is 0 Å². The fourth-order valence-corrected chi connectivity index (χ4v) is 2.39. The summed E-state index contributed by atoms with van der Waals surface area (Å²) in [5, 5.41) is 8.89. The number of hydrogen-bond donors (Lipinski definition) is 1. The first-order valence-electron chi connectivity index (χ1n) is 6.45. The standard InChI is InChI=1S/C14H17F2NO2/c15-12-2-1-10(9-13(12)16)3-6-17-7-4-11(5-8-17)14(18)19/h1-2,9,11H,3-8H2,(H,18,19). The average molecular weight is 269 g/mol. The van der Waals surface area contributed by atoms with Crippen molar-refractivity contribution in [3.05, 3.63) is 35.4 Å². The number of hydrogen-bond acceptors (Lipinski definition) is 2. The van der Waals surface area contributed by atoms with Crippen molar-refractivity contribution >= 4 is 5.97 Å². The first-order chi connectivity index (χ1) is 9.06. The van der Waals surface area contributed by atoms with Crippen molar-refractivity contribution < 1.29 is 18.7 Å². The van der Waals surface area contributed by atoms with Crippen molar-refractivity contribution in [3.63, 3.8) is 0 Å². The van der Waals surface area contributed by atoms with E-state index in [9.17, 15) is 13.6 Å². The Balaban J connectivity index is 1.80. The molecule has 0 atom stereocenters. The number of benzene rings is 1. The van der Waals surface area contributed by atoms with Gasteiger partial charge in [-0.2, -0.15) is 0 Å². The lowest BCUT2D eigenvalue weighted by molar-refractivity contribution is -0.143. The largest absolute Gasteiger partial charge is 0.481 e. The molecule has 5 heteroatoms. The second kappa shape index (κ2) is 6.10. The monoisotopic (exact) mass is 269 g/mol. The van der Waals surface area contributed by atoms with Crippen LogP contribution < -0.4 is 0 Å². The normalized spacial score (nSPS) is 17.6. The van der Waals surface area contributed by atoms with Crippen LogP contribution in [0, 0.1) is 17.6 Å². The van der Waals surface area contributed by atoms with Crippen LogP contribution in [0.5, 0.6) is 0 Å².